The molecule has 0 unspecified atom stereocenters. The first-order valence-corrected chi connectivity index (χ1v) is 5.22. The second-order valence-electron chi connectivity index (χ2n) is 3.62. The van der Waals surface area contributed by atoms with Crippen molar-refractivity contribution in [3.63, 3.8) is 0 Å². The van der Waals surface area contributed by atoms with Gasteiger partial charge in [0.1, 0.15) is 5.75 Å². The number of methoxy groups -OCH3 is 1. The Bertz CT molecular complexity index is 363. The van der Waals surface area contributed by atoms with Crippen molar-refractivity contribution >= 4 is 5.91 Å². The Kier molecular flexibility index (Phi) is 4.79. The van der Waals surface area contributed by atoms with Gasteiger partial charge in [-0.2, -0.15) is 0 Å². The lowest BCUT2D eigenvalue weighted by atomic mass is 10.1. The molecule has 0 aromatic heterocycles. The molecule has 0 heterocycles. The van der Waals surface area contributed by atoms with Gasteiger partial charge in [-0.1, -0.05) is 6.07 Å². The summed E-state index contributed by atoms with van der Waals surface area (Å²) in [5.74, 6) is -0.238. The van der Waals surface area contributed by atoms with Gasteiger partial charge >= 0.3 is 0 Å². The number of carbonyl (C=O) groups is 1. The van der Waals surface area contributed by atoms with Crippen molar-refractivity contribution in [3.05, 3.63) is 29.3 Å². The van der Waals surface area contributed by atoms with Gasteiger partial charge in [0, 0.05) is 20.3 Å². The molecule has 0 atom stereocenters. The fourth-order valence-electron chi connectivity index (χ4n) is 1.35. The van der Waals surface area contributed by atoms with E-state index in [2.05, 4.69) is 5.32 Å². The lowest BCUT2D eigenvalue weighted by molar-refractivity contribution is 0.0946. The van der Waals surface area contributed by atoms with Crippen LogP contribution in [0.1, 0.15) is 22.3 Å². The number of aryl methyl sites for hydroxylation is 1. The van der Waals surface area contributed by atoms with Crippen molar-refractivity contribution < 1.29 is 14.6 Å². The van der Waals surface area contributed by atoms with Crippen LogP contribution in [-0.4, -0.2) is 31.3 Å². The van der Waals surface area contributed by atoms with Gasteiger partial charge in [-0.05, 0) is 31.0 Å². The van der Waals surface area contributed by atoms with Gasteiger partial charge in [-0.15, -0.1) is 0 Å². The minimum absolute atomic E-state index is 0.0178. The molecule has 1 aromatic rings. The van der Waals surface area contributed by atoms with E-state index >= 15 is 0 Å². The molecule has 1 amide bonds. The summed E-state index contributed by atoms with van der Waals surface area (Å²) >= 11 is 0. The van der Waals surface area contributed by atoms with Gasteiger partial charge in [0.15, 0.2) is 0 Å². The van der Waals surface area contributed by atoms with Crippen molar-refractivity contribution in [2.45, 2.75) is 13.3 Å². The molecule has 0 radical (unpaired) electrons. The maximum absolute atomic E-state index is 11.6. The Morgan fingerprint density at radius 3 is 2.88 bits per heavy atom. The molecule has 88 valence electrons. The number of ether oxygens (including phenoxy) is 1. The van der Waals surface area contributed by atoms with Crippen molar-refractivity contribution in [2.24, 2.45) is 0 Å². The minimum Gasteiger partial charge on any atom is -0.507 e. The highest BCUT2D eigenvalue weighted by molar-refractivity contribution is 5.96. The third kappa shape index (κ3) is 3.55. The lowest BCUT2D eigenvalue weighted by Crippen LogP contribution is -2.25. The van der Waals surface area contributed by atoms with E-state index in [-0.39, 0.29) is 11.7 Å². The zero-order valence-corrected chi connectivity index (χ0v) is 9.62. The van der Waals surface area contributed by atoms with E-state index in [4.69, 9.17) is 4.74 Å². The number of amides is 1. The van der Waals surface area contributed by atoms with Crippen LogP contribution >= 0.6 is 0 Å². The Morgan fingerprint density at radius 1 is 1.50 bits per heavy atom. The fourth-order valence-corrected chi connectivity index (χ4v) is 1.35. The zero-order chi connectivity index (χ0) is 12.0. The topological polar surface area (TPSA) is 58.6 Å². The highest BCUT2D eigenvalue weighted by Crippen LogP contribution is 2.17. The van der Waals surface area contributed by atoms with E-state index in [9.17, 15) is 9.90 Å². The summed E-state index contributed by atoms with van der Waals surface area (Å²) < 4.78 is 4.87. The molecule has 1 aromatic carbocycles. The molecule has 1 rings (SSSR count). The minimum atomic E-state index is -0.256. The molecule has 0 aliphatic heterocycles. The fraction of sp³-hybridized carbons (Fsp3) is 0.417. The molecule has 2 N–H and O–H groups in total. The zero-order valence-electron chi connectivity index (χ0n) is 9.62. The second kappa shape index (κ2) is 6.12. The lowest BCUT2D eigenvalue weighted by Gasteiger charge is -2.07. The summed E-state index contributed by atoms with van der Waals surface area (Å²) in [6.07, 6.45) is 0.759. The van der Waals surface area contributed by atoms with Crippen LogP contribution in [0, 0.1) is 6.92 Å². The van der Waals surface area contributed by atoms with Gasteiger partial charge in [0.05, 0.1) is 5.56 Å². The number of carbonyl (C=O) groups excluding carboxylic acids is 1. The Hall–Kier alpha value is -1.55. The van der Waals surface area contributed by atoms with Crippen LogP contribution < -0.4 is 5.32 Å². The molecule has 4 nitrogen and oxygen atoms in total. The Balaban J connectivity index is 2.53. The van der Waals surface area contributed by atoms with Crippen LogP contribution in [0.4, 0.5) is 0 Å². The number of benzene rings is 1. The Labute approximate surface area is 95.2 Å². The SMILES string of the molecule is COCCCNC(=O)c1ccc(C)cc1O. The number of phenols is 1. The number of nitrogens with one attached hydrogen (secondary N) is 1. The summed E-state index contributed by atoms with van der Waals surface area (Å²) in [6, 6.07) is 4.99. The van der Waals surface area contributed by atoms with E-state index in [1.165, 1.54) is 0 Å². The van der Waals surface area contributed by atoms with Gasteiger partial charge in [-0.3, -0.25) is 4.79 Å². The number of hydrogen-bond acceptors (Lipinski definition) is 3. The number of aromatic hydroxyl groups is 1. The predicted octanol–water partition coefficient (Wildman–Crippen LogP) is 1.47. The van der Waals surface area contributed by atoms with E-state index < -0.39 is 0 Å². The first-order chi connectivity index (χ1) is 7.65. The van der Waals surface area contributed by atoms with E-state index in [1.54, 1.807) is 25.3 Å². The van der Waals surface area contributed by atoms with Crippen LogP contribution in [0.15, 0.2) is 18.2 Å². The molecule has 4 heteroatoms. The first kappa shape index (κ1) is 12.5. The third-order valence-corrected chi connectivity index (χ3v) is 2.21. The molecule has 0 bridgehead atoms. The third-order valence-electron chi connectivity index (χ3n) is 2.21. The molecule has 0 saturated heterocycles. The molecular formula is C12H17NO3. The van der Waals surface area contributed by atoms with E-state index in [0.29, 0.717) is 18.7 Å². The van der Waals surface area contributed by atoms with Crippen molar-refractivity contribution in [2.75, 3.05) is 20.3 Å². The van der Waals surface area contributed by atoms with Crippen molar-refractivity contribution in [1.82, 2.24) is 5.32 Å². The summed E-state index contributed by atoms with van der Waals surface area (Å²) in [5.41, 5.74) is 1.23. The van der Waals surface area contributed by atoms with Crippen LogP contribution in [0.25, 0.3) is 0 Å². The molecular weight excluding hydrogens is 206 g/mol. The molecule has 16 heavy (non-hydrogen) atoms. The van der Waals surface area contributed by atoms with Gasteiger partial charge in [0.2, 0.25) is 0 Å². The highest BCUT2D eigenvalue weighted by Gasteiger charge is 2.09. The average molecular weight is 223 g/mol. The van der Waals surface area contributed by atoms with Crippen LogP contribution in [-0.2, 0) is 4.74 Å². The van der Waals surface area contributed by atoms with Gasteiger partial charge < -0.3 is 15.2 Å². The largest absolute Gasteiger partial charge is 0.507 e. The number of phenolic OH excluding ortho intramolecular Hbond substituents is 1. The maximum Gasteiger partial charge on any atom is 0.255 e. The monoisotopic (exact) mass is 223 g/mol. The van der Waals surface area contributed by atoms with E-state index in [0.717, 1.165) is 12.0 Å². The number of hydrogen-bond donors (Lipinski definition) is 2. The Morgan fingerprint density at radius 2 is 2.25 bits per heavy atom. The van der Waals surface area contributed by atoms with Crippen LogP contribution in [0.3, 0.4) is 0 Å². The van der Waals surface area contributed by atoms with Crippen LogP contribution in [0.5, 0.6) is 5.75 Å². The van der Waals surface area contributed by atoms with Crippen LogP contribution in [0.2, 0.25) is 0 Å². The number of rotatable bonds is 5. The summed E-state index contributed by atoms with van der Waals surface area (Å²) in [7, 11) is 1.62. The maximum atomic E-state index is 11.6. The molecule has 0 saturated carbocycles. The molecule has 0 aliphatic carbocycles. The smallest absolute Gasteiger partial charge is 0.255 e. The second-order valence-corrected chi connectivity index (χ2v) is 3.62. The van der Waals surface area contributed by atoms with Gasteiger partial charge in [0.25, 0.3) is 5.91 Å². The summed E-state index contributed by atoms with van der Waals surface area (Å²) in [4.78, 5) is 11.6. The van der Waals surface area contributed by atoms with E-state index in [1.807, 2.05) is 6.92 Å². The first-order valence-electron chi connectivity index (χ1n) is 5.22. The standard InChI is InChI=1S/C12H17NO3/c1-9-4-5-10(11(14)8-9)12(15)13-6-3-7-16-2/h4-5,8,14H,3,6-7H2,1-2H3,(H,13,15). The summed E-state index contributed by atoms with van der Waals surface area (Å²) in [5, 5.41) is 12.3. The average Bonchev–Trinajstić information content (AvgIpc) is 2.24. The molecule has 0 spiro atoms. The van der Waals surface area contributed by atoms with Gasteiger partial charge in [-0.25, -0.2) is 0 Å². The highest BCUT2D eigenvalue weighted by atomic mass is 16.5. The van der Waals surface area contributed by atoms with Crippen molar-refractivity contribution in [1.29, 1.82) is 0 Å². The normalized spacial score (nSPS) is 10.1. The molecule has 0 fully saturated rings. The molecule has 0 aliphatic rings. The van der Waals surface area contributed by atoms with Crippen molar-refractivity contribution in [3.8, 4) is 5.75 Å². The summed E-state index contributed by atoms with van der Waals surface area (Å²) in [6.45, 7) is 3.01. The quantitative estimate of drug-likeness (QED) is 0.743. The predicted molar refractivity (Wildman–Crippen MR) is 61.7 cm³/mol.